The Bertz CT molecular complexity index is 394. The minimum atomic E-state index is -3.48. The van der Waals surface area contributed by atoms with Crippen molar-refractivity contribution in [3.63, 3.8) is 0 Å². The van der Waals surface area contributed by atoms with E-state index in [2.05, 4.69) is 14.9 Å². The lowest BCUT2D eigenvalue weighted by atomic mass is 9.91. The van der Waals surface area contributed by atoms with Crippen molar-refractivity contribution < 1.29 is 13.5 Å². The van der Waals surface area contributed by atoms with Gasteiger partial charge in [0.2, 0.25) is 0 Å². The molecule has 0 spiro atoms. The van der Waals surface area contributed by atoms with Crippen molar-refractivity contribution in [2.75, 3.05) is 0 Å². The van der Waals surface area contributed by atoms with Crippen LogP contribution in [0.3, 0.4) is 0 Å². The maximum Gasteiger partial charge on any atom is 0.257 e. The topological polar surface area (TPSA) is 95.1 Å². The zero-order valence-corrected chi connectivity index (χ0v) is 8.16. The fourth-order valence-corrected chi connectivity index (χ4v) is 2.53. The van der Waals surface area contributed by atoms with Crippen molar-refractivity contribution in [1.29, 1.82) is 0 Å². The van der Waals surface area contributed by atoms with E-state index >= 15 is 0 Å². The lowest BCUT2D eigenvalue weighted by molar-refractivity contribution is 0.0712. The van der Waals surface area contributed by atoms with E-state index in [9.17, 15) is 8.42 Å². The Kier molecular flexibility index (Phi) is 2.30. The van der Waals surface area contributed by atoms with Crippen molar-refractivity contribution in [1.82, 2.24) is 14.9 Å². The Morgan fingerprint density at radius 2 is 2.29 bits per heavy atom. The molecule has 0 aliphatic heterocycles. The molecule has 0 radical (unpaired) electrons. The van der Waals surface area contributed by atoms with Gasteiger partial charge in [0.1, 0.15) is 0 Å². The van der Waals surface area contributed by atoms with E-state index < -0.39 is 10.0 Å². The molecule has 1 aromatic rings. The molecule has 0 amide bonds. The summed E-state index contributed by atoms with van der Waals surface area (Å²) in [5.74, 6) is 0. The maximum absolute atomic E-state index is 11.5. The van der Waals surface area contributed by atoms with Gasteiger partial charge in [0.05, 0.1) is 12.3 Å². The Morgan fingerprint density at radius 1 is 1.57 bits per heavy atom. The summed E-state index contributed by atoms with van der Waals surface area (Å²) in [6.07, 6.45) is 1.97. The molecule has 1 aliphatic rings. The summed E-state index contributed by atoms with van der Waals surface area (Å²) in [7, 11) is -3.48. The summed E-state index contributed by atoms with van der Waals surface area (Å²) < 4.78 is 25.5. The molecule has 0 bridgehead atoms. The zero-order chi connectivity index (χ0) is 10.2. The van der Waals surface area contributed by atoms with E-state index in [1.54, 1.807) is 0 Å². The van der Waals surface area contributed by atoms with E-state index in [1.165, 1.54) is 12.3 Å². The first-order valence-corrected chi connectivity index (χ1v) is 5.76. The molecular formula is C7H11N3O3S. The first-order valence-electron chi connectivity index (χ1n) is 4.28. The number of sulfonamides is 1. The third-order valence-corrected chi connectivity index (χ3v) is 3.65. The molecule has 0 aromatic carbocycles. The Labute approximate surface area is 81.4 Å². The summed E-state index contributed by atoms with van der Waals surface area (Å²) in [6.45, 7) is 0. The molecule has 3 N–H and O–H groups in total. The Morgan fingerprint density at radius 3 is 2.79 bits per heavy atom. The monoisotopic (exact) mass is 217 g/mol. The fourth-order valence-electron chi connectivity index (χ4n) is 1.36. The van der Waals surface area contributed by atoms with Gasteiger partial charge in [0.25, 0.3) is 10.0 Å². The molecular weight excluding hydrogens is 206 g/mol. The Hall–Kier alpha value is -0.920. The van der Waals surface area contributed by atoms with Gasteiger partial charge in [-0.3, -0.25) is 5.10 Å². The van der Waals surface area contributed by atoms with Crippen molar-refractivity contribution in [2.24, 2.45) is 0 Å². The van der Waals surface area contributed by atoms with Gasteiger partial charge in [-0.1, -0.05) is 0 Å². The van der Waals surface area contributed by atoms with Gasteiger partial charge in [-0.05, 0) is 18.9 Å². The third-order valence-electron chi connectivity index (χ3n) is 2.20. The van der Waals surface area contributed by atoms with Crippen LogP contribution in [0.2, 0.25) is 0 Å². The Balaban J connectivity index is 2.04. The highest BCUT2D eigenvalue weighted by Gasteiger charge is 2.31. The largest absolute Gasteiger partial charge is 0.393 e. The molecule has 1 saturated carbocycles. The molecule has 78 valence electrons. The number of hydrogen-bond acceptors (Lipinski definition) is 4. The van der Waals surface area contributed by atoms with E-state index in [0.717, 1.165) is 0 Å². The van der Waals surface area contributed by atoms with Gasteiger partial charge < -0.3 is 5.11 Å². The van der Waals surface area contributed by atoms with E-state index in [1.807, 2.05) is 0 Å². The first kappa shape index (κ1) is 9.63. The second-order valence-corrected chi connectivity index (χ2v) is 5.05. The maximum atomic E-state index is 11.5. The van der Waals surface area contributed by atoms with Gasteiger partial charge in [-0.2, -0.15) is 5.10 Å². The molecule has 1 aromatic heterocycles. The molecule has 14 heavy (non-hydrogen) atoms. The molecule has 6 nitrogen and oxygen atoms in total. The standard InChI is InChI=1S/C7H11N3O3S/c11-6-3-5(4-6)10-14(12,13)7-1-2-8-9-7/h1-2,5-6,10-11H,3-4H2,(H,8,9). The van der Waals surface area contributed by atoms with E-state index in [0.29, 0.717) is 12.8 Å². The van der Waals surface area contributed by atoms with Crippen LogP contribution in [-0.4, -0.2) is 35.9 Å². The highest BCUT2D eigenvalue weighted by atomic mass is 32.2. The van der Waals surface area contributed by atoms with Gasteiger partial charge >= 0.3 is 0 Å². The SMILES string of the molecule is O=S(=O)(NC1CC(O)C1)c1ccn[nH]1. The van der Waals surface area contributed by atoms with Crippen molar-refractivity contribution >= 4 is 10.0 Å². The molecule has 0 atom stereocenters. The number of rotatable bonds is 3. The summed E-state index contributed by atoms with van der Waals surface area (Å²) in [5.41, 5.74) is 0. The number of hydrogen-bond donors (Lipinski definition) is 3. The molecule has 2 rings (SSSR count). The number of aliphatic hydroxyl groups excluding tert-OH is 1. The minimum absolute atomic E-state index is 0.0545. The normalized spacial score (nSPS) is 27.2. The minimum Gasteiger partial charge on any atom is -0.393 e. The van der Waals surface area contributed by atoms with Gasteiger partial charge in [-0.25, -0.2) is 13.1 Å². The average Bonchev–Trinajstić information content (AvgIpc) is 2.52. The zero-order valence-electron chi connectivity index (χ0n) is 7.34. The molecule has 1 fully saturated rings. The summed E-state index contributed by atoms with van der Waals surface area (Å²) >= 11 is 0. The van der Waals surface area contributed by atoms with Crippen LogP contribution in [-0.2, 0) is 10.0 Å². The van der Waals surface area contributed by atoms with E-state index in [-0.39, 0.29) is 17.2 Å². The number of aromatic nitrogens is 2. The number of nitrogens with zero attached hydrogens (tertiary/aromatic N) is 1. The smallest absolute Gasteiger partial charge is 0.257 e. The molecule has 1 heterocycles. The van der Waals surface area contributed by atoms with Crippen LogP contribution in [0, 0.1) is 0 Å². The van der Waals surface area contributed by atoms with E-state index in [4.69, 9.17) is 5.11 Å². The second kappa shape index (κ2) is 3.34. The highest BCUT2D eigenvalue weighted by molar-refractivity contribution is 7.89. The van der Waals surface area contributed by atoms with Crippen LogP contribution >= 0.6 is 0 Å². The lowest BCUT2D eigenvalue weighted by Crippen LogP contribution is -2.46. The van der Waals surface area contributed by atoms with Crippen molar-refractivity contribution in [3.05, 3.63) is 12.3 Å². The number of H-pyrrole nitrogens is 1. The lowest BCUT2D eigenvalue weighted by Gasteiger charge is -2.31. The van der Waals surface area contributed by atoms with Crippen LogP contribution in [0.25, 0.3) is 0 Å². The molecule has 7 heteroatoms. The second-order valence-electron chi connectivity index (χ2n) is 3.36. The van der Waals surface area contributed by atoms with Crippen molar-refractivity contribution in [3.8, 4) is 0 Å². The number of aromatic amines is 1. The molecule has 0 saturated heterocycles. The van der Waals surface area contributed by atoms with Crippen LogP contribution in [0.5, 0.6) is 0 Å². The van der Waals surface area contributed by atoms with Gasteiger partial charge in [-0.15, -0.1) is 0 Å². The average molecular weight is 217 g/mol. The van der Waals surface area contributed by atoms with Gasteiger partial charge in [0, 0.05) is 6.04 Å². The predicted octanol–water partition coefficient (Wildman–Crippen LogP) is -0.789. The molecule has 1 aliphatic carbocycles. The highest BCUT2D eigenvalue weighted by Crippen LogP contribution is 2.21. The predicted molar refractivity (Wildman–Crippen MR) is 47.9 cm³/mol. The fraction of sp³-hybridized carbons (Fsp3) is 0.571. The quantitative estimate of drug-likeness (QED) is 0.618. The van der Waals surface area contributed by atoms with Gasteiger partial charge in [0.15, 0.2) is 5.03 Å². The summed E-state index contributed by atoms with van der Waals surface area (Å²) in [6, 6.07) is 1.23. The number of aliphatic hydroxyl groups is 1. The van der Waals surface area contributed by atoms with Crippen LogP contribution < -0.4 is 4.72 Å². The molecule has 0 unspecified atom stereocenters. The first-order chi connectivity index (χ1) is 6.58. The van der Waals surface area contributed by atoms with Crippen LogP contribution in [0.1, 0.15) is 12.8 Å². The van der Waals surface area contributed by atoms with Crippen LogP contribution in [0.15, 0.2) is 17.3 Å². The summed E-state index contributed by atoms with van der Waals surface area (Å²) in [5, 5.41) is 15.0. The number of nitrogens with one attached hydrogen (secondary N) is 2. The van der Waals surface area contributed by atoms with Crippen molar-refractivity contribution in [2.45, 2.75) is 30.0 Å². The van der Waals surface area contributed by atoms with Crippen LogP contribution in [0.4, 0.5) is 0 Å². The summed E-state index contributed by atoms with van der Waals surface area (Å²) in [4.78, 5) is 0. The third kappa shape index (κ3) is 1.79.